The SMILES string of the molecule is O=C(CCC1CCCCCC1)N[C@@H]1CCO[C@@H]1c1ncn[nH]1. The van der Waals surface area contributed by atoms with E-state index in [4.69, 9.17) is 4.74 Å². The number of aromatic nitrogens is 3. The highest BCUT2D eigenvalue weighted by atomic mass is 16.5. The molecule has 0 spiro atoms. The first kappa shape index (κ1) is 15.5. The number of nitrogens with one attached hydrogen (secondary N) is 2. The first-order chi connectivity index (χ1) is 10.8. The van der Waals surface area contributed by atoms with Gasteiger partial charge >= 0.3 is 0 Å². The zero-order chi connectivity index (χ0) is 15.2. The molecule has 2 heterocycles. The molecule has 22 heavy (non-hydrogen) atoms. The van der Waals surface area contributed by atoms with Crippen molar-refractivity contribution in [3.63, 3.8) is 0 Å². The van der Waals surface area contributed by atoms with Gasteiger partial charge in [-0.1, -0.05) is 38.5 Å². The normalized spacial score (nSPS) is 26.7. The van der Waals surface area contributed by atoms with Crippen molar-refractivity contribution < 1.29 is 9.53 Å². The summed E-state index contributed by atoms with van der Waals surface area (Å²) in [5.41, 5.74) is 0. The standard InChI is InChI=1S/C16H26N4O2/c21-14(8-7-12-5-3-1-2-4-6-12)19-13-9-10-22-15(13)16-17-11-18-20-16/h11-13,15H,1-10H2,(H,19,21)(H,17,18,20)/t13-,15+/m1/s1. The lowest BCUT2D eigenvalue weighted by Crippen LogP contribution is -2.37. The van der Waals surface area contributed by atoms with E-state index >= 15 is 0 Å². The van der Waals surface area contributed by atoms with Crippen LogP contribution < -0.4 is 5.32 Å². The number of nitrogens with zero attached hydrogens (tertiary/aromatic N) is 2. The Labute approximate surface area is 131 Å². The van der Waals surface area contributed by atoms with Gasteiger partial charge in [-0.2, -0.15) is 5.10 Å². The number of aromatic amines is 1. The van der Waals surface area contributed by atoms with E-state index in [-0.39, 0.29) is 18.1 Å². The molecular weight excluding hydrogens is 280 g/mol. The van der Waals surface area contributed by atoms with Gasteiger partial charge in [-0.05, 0) is 18.8 Å². The second-order valence-electron chi connectivity index (χ2n) is 6.52. The number of hydrogen-bond donors (Lipinski definition) is 2. The Bertz CT molecular complexity index is 455. The van der Waals surface area contributed by atoms with Gasteiger partial charge in [0.15, 0.2) is 5.82 Å². The van der Waals surface area contributed by atoms with Crippen LogP contribution >= 0.6 is 0 Å². The summed E-state index contributed by atoms with van der Waals surface area (Å²) in [6.07, 6.45) is 11.7. The highest BCUT2D eigenvalue weighted by molar-refractivity contribution is 5.76. The minimum atomic E-state index is -0.190. The molecule has 6 heteroatoms. The van der Waals surface area contributed by atoms with Crippen LogP contribution in [-0.4, -0.2) is 33.7 Å². The molecule has 1 aromatic rings. The highest BCUT2D eigenvalue weighted by Crippen LogP contribution is 2.28. The van der Waals surface area contributed by atoms with Gasteiger partial charge < -0.3 is 10.1 Å². The fourth-order valence-corrected chi connectivity index (χ4v) is 3.63. The summed E-state index contributed by atoms with van der Waals surface area (Å²) >= 11 is 0. The van der Waals surface area contributed by atoms with Gasteiger partial charge in [0.25, 0.3) is 0 Å². The van der Waals surface area contributed by atoms with Gasteiger partial charge in [0.2, 0.25) is 5.91 Å². The van der Waals surface area contributed by atoms with Gasteiger partial charge in [0.05, 0.1) is 6.04 Å². The topological polar surface area (TPSA) is 79.9 Å². The predicted octanol–water partition coefficient (Wildman–Crippen LogP) is 2.50. The predicted molar refractivity (Wildman–Crippen MR) is 82.0 cm³/mol. The van der Waals surface area contributed by atoms with Crippen LogP contribution in [0.25, 0.3) is 0 Å². The van der Waals surface area contributed by atoms with E-state index < -0.39 is 0 Å². The monoisotopic (exact) mass is 306 g/mol. The fourth-order valence-electron chi connectivity index (χ4n) is 3.63. The van der Waals surface area contributed by atoms with Crippen molar-refractivity contribution in [3.05, 3.63) is 12.2 Å². The van der Waals surface area contributed by atoms with Crippen molar-refractivity contribution >= 4 is 5.91 Å². The molecule has 0 unspecified atom stereocenters. The Morgan fingerprint density at radius 1 is 1.27 bits per heavy atom. The molecule has 1 saturated heterocycles. The fraction of sp³-hybridized carbons (Fsp3) is 0.812. The second kappa shape index (κ2) is 7.72. The van der Waals surface area contributed by atoms with Crippen molar-refractivity contribution in [2.45, 2.75) is 69.9 Å². The first-order valence-electron chi connectivity index (χ1n) is 8.59. The molecule has 1 amide bonds. The summed E-state index contributed by atoms with van der Waals surface area (Å²) in [7, 11) is 0. The van der Waals surface area contributed by atoms with Crippen molar-refractivity contribution in [2.75, 3.05) is 6.61 Å². The Kier molecular flexibility index (Phi) is 5.43. The van der Waals surface area contributed by atoms with E-state index in [9.17, 15) is 4.79 Å². The number of carbonyl (C=O) groups excluding carboxylic acids is 1. The Morgan fingerprint density at radius 3 is 2.82 bits per heavy atom. The summed E-state index contributed by atoms with van der Waals surface area (Å²) in [6.45, 7) is 0.652. The molecule has 1 aliphatic heterocycles. The Morgan fingerprint density at radius 2 is 2.09 bits per heavy atom. The molecule has 0 radical (unpaired) electrons. The number of rotatable bonds is 5. The molecule has 0 bridgehead atoms. The number of amides is 1. The summed E-state index contributed by atoms with van der Waals surface area (Å²) in [5.74, 6) is 1.58. The molecule has 0 aromatic carbocycles. The lowest BCUT2D eigenvalue weighted by molar-refractivity contribution is -0.122. The number of ether oxygens (including phenoxy) is 1. The van der Waals surface area contributed by atoms with Gasteiger partial charge in [-0.3, -0.25) is 9.89 Å². The van der Waals surface area contributed by atoms with E-state index in [1.165, 1.54) is 44.9 Å². The average molecular weight is 306 g/mol. The molecule has 2 fully saturated rings. The number of carbonyl (C=O) groups is 1. The third-order valence-corrected chi connectivity index (χ3v) is 4.90. The zero-order valence-corrected chi connectivity index (χ0v) is 13.1. The van der Waals surface area contributed by atoms with E-state index in [1.54, 1.807) is 0 Å². The van der Waals surface area contributed by atoms with Crippen LogP contribution in [0.3, 0.4) is 0 Å². The third kappa shape index (κ3) is 4.06. The van der Waals surface area contributed by atoms with Gasteiger partial charge in [-0.25, -0.2) is 4.98 Å². The molecule has 2 atom stereocenters. The van der Waals surface area contributed by atoms with Crippen LogP contribution in [0.5, 0.6) is 0 Å². The van der Waals surface area contributed by atoms with E-state index in [0.717, 1.165) is 18.8 Å². The Hall–Kier alpha value is -1.43. The van der Waals surface area contributed by atoms with Crippen molar-refractivity contribution in [3.8, 4) is 0 Å². The maximum absolute atomic E-state index is 12.2. The second-order valence-corrected chi connectivity index (χ2v) is 6.52. The van der Waals surface area contributed by atoms with Gasteiger partial charge in [-0.15, -0.1) is 0 Å². The zero-order valence-electron chi connectivity index (χ0n) is 13.1. The van der Waals surface area contributed by atoms with Gasteiger partial charge in [0, 0.05) is 13.0 Å². The maximum atomic E-state index is 12.2. The molecule has 2 N–H and O–H groups in total. The van der Waals surface area contributed by atoms with Crippen LogP contribution in [0.4, 0.5) is 0 Å². The summed E-state index contributed by atoms with van der Waals surface area (Å²) in [5, 5.41) is 9.81. The molecule has 2 aliphatic rings. The number of H-pyrrole nitrogens is 1. The minimum Gasteiger partial charge on any atom is -0.368 e. The molecule has 1 aromatic heterocycles. The smallest absolute Gasteiger partial charge is 0.220 e. The largest absolute Gasteiger partial charge is 0.368 e. The van der Waals surface area contributed by atoms with Crippen molar-refractivity contribution in [2.24, 2.45) is 5.92 Å². The summed E-state index contributed by atoms with van der Waals surface area (Å²) in [4.78, 5) is 16.4. The first-order valence-corrected chi connectivity index (χ1v) is 8.59. The molecule has 1 saturated carbocycles. The minimum absolute atomic E-state index is 0.00887. The van der Waals surface area contributed by atoms with Crippen molar-refractivity contribution in [1.29, 1.82) is 0 Å². The molecule has 122 valence electrons. The van der Waals surface area contributed by atoms with Crippen LogP contribution in [0.2, 0.25) is 0 Å². The number of hydrogen-bond acceptors (Lipinski definition) is 4. The van der Waals surface area contributed by atoms with E-state index in [0.29, 0.717) is 18.9 Å². The lowest BCUT2D eigenvalue weighted by Gasteiger charge is -2.19. The molecule has 3 rings (SSSR count). The van der Waals surface area contributed by atoms with Crippen molar-refractivity contribution in [1.82, 2.24) is 20.5 Å². The third-order valence-electron chi connectivity index (χ3n) is 4.90. The van der Waals surface area contributed by atoms with E-state index in [2.05, 4.69) is 20.5 Å². The lowest BCUT2D eigenvalue weighted by atomic mass is 9.95. The van der Waals surface area contributed by atoms with Crippen LogP contribution in [0.1, 0.15) is 69.7 Å². The molecule has 6 nitrogen and oxygen atoms in total. The van der Waals surface area contributed by atoms with Crippen LogP contribution in [0, 0.1) is 5.92 Å². The molecular formula is C16H26N4O2. The summed E-state index contributed by atoms with van der Waals surface area (Å²) in [6, 6.07) is 0.00887. The highest BCUT2D eigenvalue weighted by Gasteiger charge is 2.32. The molecule has 1 aliphatic carbocycles. The van der Waals surface area contributed by atoms with Crippen LogP contribution in [0.15, 0.2) is 6.33 Å². The summed E-state index contributed by atoms with van der Waals surface area (Å²) < 4.78 is 5.67. The van der Waals surface area contributed by atoms with Crippen LogP contribution in [-0.2, 0) is 9.53 Å². The van der Waals surface area contributed by atoms with E-state index in [1.807, 2.05) is 0 Å². The Balaban J connectivity index is 1.44. The maximum Gasteiger partial charge on any atom is 0.220 e. The quantitative estimate of drug-likeness (QED) is 0.819. The van der Waals surface area contributed by atoms with Gasteiger partial charge in [0.1, 0.15) is 12.4 Å². The average Bonchev–Trinajstić information content (AvgIpc) is 3.12.